The van der Waals surface area contributed by atoms with Gasteiger partial charge in [-0.1, -0.05) is 12.3 Å². The molecule has 1 atom stereocenters. The number of piperidine rings is 1. The fourth-order valence-corrected chi connectivity index (χ4v) is 1.59. The van der Waals surface area contributed by atoms with Crippen LogP contribution in [0.4, 0.5) is 0 Å². The summed E-state index contributed by atoms with van der Waals surface area (Å²) in [6.45, 7) is 1.99. The zero-order chi connectivity index (χ0) is 8.10. The predicted molar refractivity (Wildman–Crippen MR) is 45.1 cm³/mol. The van der Waals surface area contributed by atoms with Gasteiger partial charge in [-0.05, 0) is 19.4 Å². The zero-order valence-electron chi connectivity index (χ0n) is 6.79. The van der Waals surface area contributed by atoms with E-state index in [1.54, 1.807) is 0 Å². The van der Waals surface area contributed by atoms with Crippen LogP contribution in [0.15, 0.2) is 0 Å². The van der Waals surface area contributed by atoms with Gasteiger partial charge >= 0.3 is 0 Å². The minimum Gasteiger partial charge on any atom is -0.395 e. The highest BCUT2D eigenvalue weighted by Crippen LogP contribution is 2.15. The zero-order valence-corrected chi connectivity index (χ0v) is 6.79. The van der Waals surface area contributed by atoms with Crippen molar-refractivity contribution in [2.75, 3.05) is 19.7 Å². The molecule has 1 rings (SSSR count). The van der Waals surface area contributed by atoms with E-state index in [9.17, 15) is 0 Å². The molecule has 0 amide bonds. The largest absolute Gasteiger partial charge is 0.395 e. The summed E-state index contributed by atoms with van der Waals surface area (Å²) >= 11 is 0. The maximum Gasteiger partial charge on any atom is 0.0602 e. The second-order valence-electron chi connectivity index (χ2n) is 3.01. The van der Waals surface area contributed by atoms with Gasteiger partial charge in [0.1, 0.15) is 0 Å². The fourth-order valence-electron chi connectivity index (χ4n) is 1.59. The van der Waals surface area contributed by atoms with Crippen LogP contribution < -0.4 is 0 Å². The van der Waals surface area contributed by atoms with Crippen molar-refractivity contribution in [2.24, 2.45) is 0 Å². The average Bonchev–Trinajstić information content (AvgIpc) is 2.06. The molecule has 0 radical (unpaired) electrons. The number of hydrogen-bond acceptors (Lipinski definition) is 2. The summed E-state index contributed by atoms with van der Waals surface area (Å²) < 4.78 is 0. The van der Waals surface area contributed by atoms with Crippen molar-refractivity contribution in [3.8, 4) is 12.3 Å². The Kier molecular flexibility index (Phi) is 3.41. The summed E-state index contributed by atoms with van der Waals surface area (Å²) in [5, 5.41) is 8.98. The summed E-state index contributed by atoms with van der Waals surface area (Å²) in [7, 11) is 0. The van der Waals surface area contributed by atoms with Gasteiger partial charge in [0.05, 0.1) is 13.2 Å². The smallest absolute Gasteiger partial charge is 0.0602 e. The van der Waals surface area contributed by atoms with Crippen LogP contribution in [0.2, 0.25) is 0 Å². The molecule has 0 aromatic heterocycles. The highest BCUT2D eigenvalue weighted by atomic mass is 16.3. The molecule has 0 aliphatic carbocycles. The fraction of sp³-hybridized carbons (Fsp3) is 0.778. The quantitative estimate of drug-likeness (QED) is 0.583. The van der Waals surface area contributed by atoms with Crippen molar-refractivity contribution >= 4 is 0 Å². The molecule has 2 nitrogen and oxygen atoms in total. The second kappa shape index (κ2) is 4.38. The van der Waals surface area contributed by atoms with Crippen LogP contribution in [0.1, 0.15) is 19.3 Å². The first-order chi connectivity index (χ1) is 5.38. The topological polar surface area (TPSA) is 23.5 Å². The first-order valence-electron chi connectivity index (χ1n) is 4.17. The van der Waals surface area contributed by atoms with Gasteiger partial charge in [-0.2, -0.15) is 0 Å². The highest BCUT2D eigenvalue weighted by Gasteiger charge is 2.19. The summed E-state index contributed by atoms with van der Waals surface area (Å²) in [4.78, 5) is 2.18. The lowest BCUT2D eigenvalue weighted by Crippen LogP contribution is -2.41. The lowest BCUT2D eigenvalue weighted by Gasteiger charge is -2.32. The number of hydrogen-bond donors (Lipinski definition) is 1. The minimum atomic E-state index is 0.252. The van der Waals surface area contributed by atoms with Crippen molar-refractivity contribution in [1.82, 2.24) is 4.90 Å². The maximum atomic E-state index is 8.98. The third-order valence-electron chi connectivity index (χ3n) is 2.25. The van der Waals surface area contributed by atoms with E-state index in [2.05, 4.69) is 10.8 Å². The van der Waals surface area contributed by atoms with Crippen LogP contribution >= 0.6 is 0 Å². The molecular formula is C9H15NO. The van der Waals surface area contributed by atoms with E-state index in [-0.39, 0.29) is 6.61 Å². The predicted octanol–water partition coefficient (Wildman–Crippen LogP) is 0.466. The number of nitrogens with zero attached hydrogens (tertiary/aromatic N) is 1. The van der Waals surface area contributed by atoms with Crippen LogP contribution in [-0.4, -0.2) is 35.7 Å². The Morgan fingerprint density at radius 3 is 3.00 bits per heavy atom. The van der Waals surface area contributed by atoms with E-state index in [0.29, 0.717) is 12.6 Å². The molecule has 2 heteroatoms. The molecule has 0 bridgehead atoms. The summed E-state index contributed by atoms with van der Waals surface area (Å²) in [6.07, 6.45) is 8.75. The van der Waals surface area contributed by atoms with E-state index in [4.69, 9.17) is 11.5 Å². The Bertz CT molecular complexity index is 150. The van der Waals surface area contributed by atoms with Crippen molar-refractivity contribution in [1.29, 1.82) is 0 Å². The normalized spacial score (nSPS) is 26.4. The van der Waals surface area contributed by atoms with Crippen LogP contribution in [0.25, 0.3) is 0 Å². The first kappa shape index (κ1) is 8.58. The number of terminal acetylenes is 1. The molecule has 1 heterocycles. The lowest BCUT2D eigenvalue weighted by atomic mass is 10.0. The van der Waals surface area contributed by atoms with Crippen molar-refractivity contribution in [2.45, 2.75) is 25.3 Å². The first-order valence-corrected chi connectivity index (χ1v) is 4.17. The van der Waals surface area contributed by atoms with Gasteiger partial charge in [0, 0.05) is 6.04 Å². The average molecular weight is 153 g/mol. The summed E-state index contributed by atoms with van der Waals surface area (Å²) in [5.74, 6) is 2.62. The molecule has 0 saturated carbocycles. The van der Waals surface area contributed by atoms with Gasteiger partial charge in [-0.15, -0.1) is 6.42 Å². The van der Waals surface area contributed by atoms with Crippen LogP contribution in [0.5, 0.6) is 0 Å². The Hall–Kier alpha value is -0.520. The maximum absolute atomic E-state index is 8.98. The van der Waals surface area contributed by atoms with Gasteiger partial charge < -0.3 is 5.11 Å². The number of aliphatic hydroxyl groups is 1. The third kappa shape index (κ3) is 2.21. The van der Waals surface area contributed by atoms with Gasteiger partial charge in [-0.3, -0.25) is 4.90 Å². The van der Waals surface area contributed by atoms with Crippen LogP contribution in [0, 0.1) is 12.3 Å². The number of likely N-dealkylation sites (tertiary alicyclic amines) is 1. The highest BCUT2D eigenvalue weighted by molar-refractivity contribution is 4.91. The van der Waals surface area contributed by atoms with E-state index in [1.807, 2.05) is 0 Å². The molecule has 62 valence electrons. The molecule has 1 fully saturated rings. The molecule has 1 aliphatic rings. The Morgan fingerprint density at radius 2 is 2.36 bits per heavy atom. The van der Waals surface area contributed by atoms with Gasteiger partial charge in [-0.25, -0.2) is 0 Å². The Balaban J connectivity index is 2.39. The summed E-state index contributed by atoms with van der Waals surface area (Å²) in [6, 6.07) is 0.319. The van der Waals surface area contributed by atoms with E-state index in [0.717, 1.165) is 13.0 Å². The third-order valence-corrected chi connectivity index (χ3v) is 2.25. The molecule has 0 aromatic rings. The van der Waals surface area contributed by atoms with Crippen molar-refractivity contribution in [3.05, 3.63) is 0 Å². The lowest BCUT2D eigenvalue weighted by molar-refractivity contribution is 0.103. The molecule has 0 aromatic carbocycles. The molecule has 0 spiro atoms. The number of aliphatic hydroxyl groups excluding tert-OH is 1. The Labute approximate surface area is 68.2 Å². The van der Waals surface area contributed by atoms with Crippen LogP contribution in [-0.2, 0) is 0 Å². The van der Waals surface area contributed by atoms with Gasteiger partial charge in [0.25, 0.3) is 0 Å². The minimum absolute atomic E-state index is 0.252. The van der Waals surface area contributed by atoms with E-state index < -0.39 is 0 Å². The van der Waals surface area contributed by atoms with Gasteiger partial charge in [0.2, 0.25) is 0 Å². The molecular weight excluding hydrogens is 138 g/mol. The molecule has 1 N–H and O–H groups in total. The van der Waals surface area contributed by atoms with Gasteiger partial charge in [0.15, 0.2) is 0 Å². The molecule has 1 unspecified atom stereocenters. The number of rotatable bonds is 2. The molecule has 1 saturated heterocycles. The Morgan fingerprint density at radius 1 is 1.55 bits per heavy atom. The molecule has 1 aliphatic heterocycles. The van der Waals surface area contributed by atoms with E-state index in [1.165, 1.54) is 12.8 Å². The SMILES string of the molecule is C#CCN1CCCCC1CO. The molecule has 11 heavy (non-hydrogen) atoms. The monoisotopic (exact) mass is 153 g/mol. The summed E-state index contributed by atoms with van der Waals surface area (Å²) in [5.41, 5.74) is 0. The second-order valence-corrected chi connectivity index (χ2v) is 3.01. The van der Waals surface area contributed by atoms with Crippen molar-refractivity contribution < 1.29 is 5.11 Å². The standard InChI is InChI=1S/C9H15NO/c1-2-6-10-7-4-3-5-9(10)8-11/h1,9,11H,3-8H2. The van der Waals surface area contributed by atoms with Crippen molar-refractivity contribution in [3.63, 3.8) is 0 Å². The van der Waals surface area contributed by atoms with Crippen LogP contribution in [0.3, 0.4) is 0 Å². The van der Waals surface area contributed by atoms with E-state index >= 15 is 0 Å².